The first-order valence-corrected chi connectivity index (χ1v) is 12.9. The number of nitriles is 1. The number of hydrogen-bond donors (Lipinski definition) is 1. The van der Waals surface area contributed by atoms with E-state index in [9.17, 15) is 27.2 Å². The van der Waals surface area contributed by atoms with Crippen LogP contribution in [0.5, 0.6) is 0 Å². The van der Waals surface area contributed by atoms with E-state index < -0.39 is 23.5 Å². The van der Waals surface area contributed by atoms with E-state index in [2.05, 4.69) is 11.4 Å². The van der Waals surface area contributed by atoms with Crippen molar-refractivity contribution in [2.24, 2.45) is 0 Å². The Hall–Kier alpha value is -4.23. The van der Waals surface area contributed by atoms with Crippen LogP contribution in [0, 0.1) is 17.1 Å². The van der Waals surface area contributed by atoms with Crippen molar-refractivity contribution in [3.05, 3.63) is 89.2 Å². The van der Waals surface area contributed by atoms with E-state index in [0.717, 1.165) is 48.7 Å². The van der Waals surface area contributed by atoms with Gasteiger partial charge in [0.2, 0.25) is 11.8 Å². The molecule has 0 spiro atoms. The molecule has 0 unspecified atom stereocenters. The van der Waals surface area contributed by atoms with Gasteiger partial charge in [-0.05, 0) is 79.4 Å². The molecule has 208 valence electrons. The van der Waals surface area contributed by atoms with Gasteiger partial charge in [0, 0.05) is 12.2 Å². The van der Waals surface area contributed by atoms with Gasteiger partial charge in [0.05, 0.1) is 30.3 Å². The van der Waals surface area contributed by atoms with Crippen molar-refractivity contribution >= 4 is 17.5 Å². The Labute approximate surface area is 229 Å². The van der Waals surface area contributed by atoms with Crippen LogP contribution in [-0.2, 0) is 22.2 Å². The number of carbonyl (C=O) groups is 2. The van der Waals surface area contributed by atoms with E-state index in [-0.39, 0.29) is 31.2 Å². The molecule has 0 radical (unpaired) electrons. The number of nitrogens with zero attached hydrogens (tertiary/aromatic N) is 3. The van der Waals surface area contributed by atoms with Gasteiger partial charge in [-0.2, -0.15) is 18.4 Å². The predicted molar refractivity (Wildman–Crippen MR) is 143 cm³/mol. The molecule has 1 heterocycles. The molecule has 0 atom stereocenters. The predicted octanol–water partition coefficient (Wildman–Crippen LogP) is 5.49. The zero-order valence-corrected chi connectivity index (χ0v) is 21.7. The summed E-state index contributed by atoms with van der Waals surface area (Å²) >= 11 is 0. The second kappa shape index (κ2) is 12.7. The minimum atomic E-state index is -4.91. The maximum absolute atomic E-state index is 13.6. The molecule has 6 nitrogen and oxygen atoms in total. The molecule has 1 N–H and O–H groups in total. The summed E-state index contributed by atoms with van der Waals surface area (Å²) in [6.45, 7) is 1.59. The summed E-state index contributed by atoms with van der Waals surface area (Å²) in [5.74, 6) is -2.36. The summed E-state index contributed by atoms with van der Waals surface area (Å²) in [6, 6.07) is 19.3. The van der Waals surface area contributed by atoms with Crippen LogP contribution >= 0.6 is 0 Å². The summed E-state index contributed by atoms with van der Waals surface area (Å²) in [7, 11) is 0. The molecule has 10 heteroatoms. The lowest BCUT2D eigenvalue weighted by molar-refractivity contribution is -0.140. The Morgan fingerprint density at radius 3 is 2.38 bits per heavy atom. The minimum absolute atomic E-state index is 0.149. The number of rotatable bonds is 9. The van der Waals surface area contributed by atoms with Gasteiger partial charge in [-0.1, -0.05) is 36.4 Å². The van der Waals surface area contributed by atoms with Gasteiger partial charge in [0.1, 0.15) is 5.82 Å². The van der Waals surface area contributed by atoms with Crippen LogP contribution in [0.3, 0.4) is 0 Å². The molecule has 3 aromatic carbocycles. The smallest absolute Gasteiger partial charge is 0.332 e. The molecule has 1 aliphatic rings. The first kappa shape index (κ1) is 28.8. The van der Waals surface area contributed by atoms with Crippen molar-refractivity contribution in [2.45, 2.75) is 25.4 Å². The number of likely N-dealkylation sites (tertiary alicyclic amines) is 1. The third-order valence-electron chi connectivity index (χ3n) is 6.75. The lowest BCUT2D eigenvalue weighted by Gasteiger charge is -2.25. The third-order valence-corrected chi connectivity index (χ3v) is 6.75. The van der Waals surface area contributed by atoms with Crippen molar-refractivity contribution < 1.29 is 27.2 Å². The highest BCUT2D eigenvalue weighted by Gasteiger charge is 2.34. The third kappa shape index (κ3) is 7.67. The number of nitrogens with one attached hydrogen (secondary N) is 1. The molecule has 1 aliphatic heterocycles. The number of hydrogen-bond acceptors (Lipinski definition) is 4. The SMILES string of the molecule is N#Cc1cccc(-c2ccc(CCN(CC(=O)Nc3ccc(F)c(C(F)(F)F)c3)C(=O)CN3CCCC3)cc2)c1. The molecule has 2 amide bonds. The van der Waals surface area contributed by atoms with Gasteiger partial charge in [-0.15, -0.1) is 0 Å². The zero-order valence-electron chi connectivity index (χ0n) is 21.7. The average molecular weight is 553 g/mol. The van der Waals surface area contributed by atoms with Crippen molar-refractivity contribution in [1.82, 2.24) is 9.80 Å². The van der Waals surface area contributed by atoms with E-state index in [0.29, 0.717) is 24.1 Å². The molecule has 1 fully saturated rings. The van der Waals surface area contributed by atoms with E-state index >= 15 is 0 Å². The van der Waals surface area contributed by atoms with Gasteiger partial charge >= 0.3 is 6.18 Å². The van der Waals surface area contributed by atoms with Crippen molar-refractivity contribution in [1.29, 1.82) is 5.26 Å². The monoisotopic (exact) mass is 552 g/mol. The standard InChI is InChI=1S/C30H28F4N4O2/c31-27-11-10-25(17-26(27)30(32,33)34)36-28(39)19-38(29(40)20-37-13-1-2-14-37)15-12-21-6-8-23(9-7-21)24-5-3-4-22(16-24)18-35/h3-11,16-17H,1-2,12-15,19-20H2,(H,36,39). The Bertz CT molecular complexity index is 1390. The van der Waals surface area contributed by atoms with Crippen LogP contribution in [0.4, 0.5) is 23.2 Å². The molecule has 0 bridgehead atoms. The summed E-state index contributed by atoms with van der Waals surface area (Å²) in [5, 5.41) is 11.5. The summed E-state index contributed by atoms with van der Waals surface area (Å²) in [6.07, 6.45) is -2.48. The molecule has 0 saturated carbocycles. The maximum Gasteiger partial charge on any atom is 0.419 e. The number of carbonyl (C=O) groups excluding carboxylic acids is 2. The molecule has 3 aromatic rings. The second-order valence-electron chi connectivity index (χ2n) is 9.68. The van der Waals surface area contributed by atoms with E-state index in [4.69, 9.17) is 5.26 Å². The van der Waals surface area contributed by atoms with Crippen LogP contribution in [0.2, 0.25) is 0 Å². The van der Waals surface area contributed by atoms with Crippen LogP contribution in [0.15, 0.2) is 66.7 Å². The first-order valence-electron chi connectivity index (χ1n) is 12.9. The summed E-state index contributed by atoms with van der Waals surface area (Å²) in [5.41, 5.74) is 1.63. The Kier molecular flexibility index (Phi) is 9.17. The first-order chi connectivity index (χ1) is 19.1. The molecule has 1 saturated heterocycles. The topological polar surface area (TPSA) is 76.4 Å². The number of benzene rings is 3. The highest BCUT2D eigenvalue weighted by molar-refractivity contribution is 5.94. The Morgan fingerprint density at radius 1 is 0.975 bits per heavy atom. The highest BCUT2D eigenvalue weighted by Crippen LogP contribution is 2.33. The molecule has 40 heavy (non-hydrogen) atoms. The fourth-order valence-electron chi connectivity index (χ4n) is 4.61. The Balaban J connectivity index is 1.43. The normalized spacial score (nSPS) is 13.6. The van der Waals surface area contributed by atoms with Crippen molar-refractivity contribution in [3.63, 3.8) is 0 Å². The fourth-order valence-corrected chi connectivity index (χ4v) is 4.61. The number of amides is 2. The fraction of sp³-hybridized carbons (Fsp3) is 0.300. The molecule has 0 aliphatic carbocycles. The average Bonchev–Trinajstić information content (AvgIpc) is 3.44. The Morgan fingerprint density at radius 2 is 1.70 bits per heavy atom. The van der Waals surface area contributed by atoms with E-state index in [1.165, 1.54) is 4.90 Å². The van der Waals surface area contributed by atoms with Crippen LogP contribution in [-0.4, -0.2) is 54.3 Å². The lowest BCUT2D eigenvalue weighted by atomic mass is 10.0. The van der Waals surface area contributed by atoms with Gasteiger partial charge < -0.3 is 10.2 Å². The number of halogens is 4. The van der Waals surface area contributed by atoms with Crippen LogP contribution in [0.25, 0.3) is 11.1 Å². The maximum atomic E-state index is 13.6. The molecular formula is C30H28F4N4O2. The van der Waals surface area contributed by atoms with E-state index in [1.54, 1.807) is 12.1 Å². The number of alkyl halides is 3. The number of anilines is 1. The molecule has 4 rings (SSSR count). The summed E-state index contributed by atoms with van der Waals surface area (Å²) in [4.78, 5) is 29.3. The highest BCUT2D eigenvalue weighted by atomic mass is 19.4. The van der Waals surface area contributed by atoms with E-state index in [1.807, 2.05) is 41.3 Å². The second-order valence-corrected chi connectivity index (χ2v) is 9.68. The summed E-state index contributed by atoms with van der Waals surface area (Å²) < 4.78 is 52.8. The van der Waals surface area contributed by atoms with Crippen LogP contribution < -0.4 is 5.32 Å². The van der Waals surface area contributed by atoms with Gasteiger partial charge in [0.25, 0.3) is 0 Å². The van der Waals surface area contributed by atoms with Crippen LogP contribution in [0.1, 0.15) is 29.5 Å². The molecular weight excluding hydrogens is 524 g/mol. The quantitative estimate of drug-likeness (QED) is 0.357. The van der Waals surface area contributed by atoms with Crippen molar-refractivity contribution in [3.8, 4) is 17.2 Å². The van der Waals surface area contributed by atoms with Gasteiger partial charge in [-0.3, -0.25) is 14.5 Å². The van der Waals surface area contributed by atoms with Crippen molar-refractivity contribution in [2.75, 3.05) is 38.0 Å². The van der Waals surface area contributed by atoms with Gasteiger partial charge in [-0.25, -0.2) is 4.39 Å². The largest absolute Gasteiger partial charge is 0.419 e. The van der Waals surface area contributed by atoms with Gasteiger partial charge in [0.15, 0.2) is 0 Å². The lowest BCUT2D eigenvalue weighted by Crippen LogP contribution is -2.44. The minimum Gasteiger partial charge on any atom is -0.332 e. The zero-order chi connectivity index (χ0) is 28.7. The molecule has 0 aromatic heterocycles.